The maximum atomic E-state index is 11.5. The molecule has 6 rings (SSSR count). The molecule has 0 aliphatic rings. The maximum Gasteiger partial charge on any atom is 0.148 e. The number of hydrogen-bond donors (Lipinski definition) is 1. The van der Waals surface area contributed by atoms with E-state index in [1.165, 1.54) is 27.8 Å². The van der Waals surface area contributed by atoms with Crippen LogP contribution in [0.2, 0.25) is 0 Å². The van der Waals surface area contributed by atoms with Crippen molar-refractivity contribution in [1.82, 2.24) is 14.5 Å². The van der Waals surface area contributed by atoms with Gasteiger partial charge in [0.2, 0.25) is 0 Å². The molecule has 4 nitrogen and oxygen atoms in total. The van der Waals surface area contributed by atoms with Crippen LogP contribution in [0.15, 0.2) is 85.1 Å². The molecule has 0 amide bonds. The molecule has 2 aromatic heterocycles. The van der Waals surface area contributed by atoms with E-state index in [1.54, 1.807) is 6.07 Å². The Hall–Kier alpha value is -4.01. The van der Waals surface area contributed by atoms with Gasteiger partial charge >= 0.3 is 0 Å². The summed E-state index contributed by atoms with van der Waals surface area (Å²) < 4.78 is 2.29. The fraction of sp³-hybridized carbons (Fsp3) is 0.400. The van der Waals surface area contributed by atoms with Gasteiger partial charge in [-0.1, -0.05) is 151 Å². The van der Waals surface area contributed by atoms with Gasteiger partial charge in [-0.05, 0) is 80.2 Å². The fourth-order valence-electron chi connectivity index (χ4n) is 7.17. The molecule has 0 atom stereocenters. The second-order valence-electron chi connectivity index (χ2n) is 20.3. The quantitative estimate of drug-likeness (QED) is 0.179. The minimum atomic E-state index is -0.204. The number of imidazole rings is 1. The van der Waals surface area contributed by atoms with Gasteiger partial charge in [-0.3, -0.25) is 9.55 Å². The number of hydrogen-bond acceptors (Lipinski definition) is 3. The Bertz CT molecular complexity index is 2320. The number of aromatic nitrogens is 3. The van der Waals surface area contributed by atoms with E-state index < -0.39 is 0 Å². The van der Waals surface area contributed by atoms with Crippen LogP contribution in [0.1, 0.15) is 132 Å². The van der Waals surface area contributed by atoms with Crippen molar-refractivity contribution in [3.05, 3.63) is 119 Å². The van der Waals surface area contributed by atoms with E-state index in [0.29, 0.717) is 11.4 Å². The number of aromatic hydroxyl groups is 1. The topological polar surface area (TPSA) is 50.9 Å². The second-order valence-corrected chi connectivity index (χ2v) is 20.3. The summed E-state index contributed by atoms with van der Waals surface area (Å²) in [5.41, 5.74) is 13.0. The third kappa shape index (κ3) is 8.41. The number of phenolic OH excluding ortho intramolecular Hbond substituents is 1. The Balaban J connectivity index is 0.00000580. The van der Waals surface area contributed by atoms with Crippen LogP contribution >= 0.6 is 0 Å². The number of benzene rings is 4. The molecule has 4 aromatic carbocycles. The Morgan fingerprint density at radius 3 is 1.58 bits per heavy atom. The van der Waals surface area contributed by atoms with Crippen molar-refractivity contribution in [3.63, 3.8) is 0 Å². The van der Waals surface area contributed by atoms with Gasteiger partial charge in [0.25, 0.3) is 0 Å². The van der Waals surface area contributed by atoms with Crippen LogP contribution in [0.4, 0.5) is 0 Å². The van der Waals surface area contributed by atoms with E-state index in [0.717, 1.165) is 39.1 Å². The Labute approximate surface area is 345 Å². The third-order valence-electron chi connectivity index (χ3n) is 10.6. The fourth-order valence-corrected chi connectivity index (χ4v) is 7.17. The molecule has 0 radical (unpaired) electrons. The van der Waals surface area contributed by atoms with E-state index in [1.807, 2.05) is 30.5 Å². The van der Waals surface area contributed by atoms with Gasteiger partial charge < -0.3 is 5.11 Å². The number of phenols is 1. The molecule has 2 heterocycles. The Morgan fingerprint density at radius 1 is 0.545 bits per heavy atom. The number of para-hydroxylation sites is 1. The van der Waals surface area contributed by atoms with Gasteiger partial charge in [0.1, 0.15) is 11.6 Å². The predicted octanol–water partition coefficient (Wildman–Crippen LogP) is 13.4. The minimum absolute atomic E-state index is 0. The summed E-state index contributed by atoms with van der Waals surface area (Å²) in [6, 6.07) is 31.7. The van der Waals surface area contributed by atoms with Gasteiger partial charge in [0.05, 0.1) is 16.6 Å². The van der Waals surface area contributed by atoms with Crippen LogP contribution < -0.4 is 0 Å². The normalized spacial score (nSPS) is 12.9. The molecule has 0 saturated heterocycles. The van der Waals surface area contributed by atoms with Crippen LogP contribution in [0.25, 0.3) is 50.5 Å². The van der Waals surface area contributed by atoms with E-state index in [4.69, 9.17) is 9.97 Å². The SMILES string of the molecule is CC(C)(C)c1cc(-n2c(-c3ccccc3O)nc3c(-c4[c-]c(-c5ccccn5)c(C(C)(C)C)cc4C(C)(C)C)cc(C(C)(C)C)cc32)cc(C(C)(C)C)c1.[Pt]. The largest absolute Gasteiger partial charge is 0.507 e. The number of fused-ring (bicyclic) bond motifs is 1. The summed E-state index contributed by atoms with van der Waals surface area (Å²) in [4.78, 5) is 10.4. The average Bonchev–Trinajstić information content (AvgIpc) is 3.45. The number of nitrogens with zero attached hydrogens (tertiary/aromatic N) is 3. The van der Waals surface area contributed by atoms with Gasteiger partial charge in [0.15, 0.2) is 0 Å². The Morgan fingerprint density at radius 2 is 1.07 bits per heavy atom. The van der Waals surface area contributed by atoms with Crippen LogP contribution in [0.3, 0.4) is 0 Å². The van der Waals surface area contributed by atoms with E-state index in [9.17, 15) is 5.11 Å². The van der Waals surface area contributed by atoms with Gasteiger partial charge in [-0.15, -0.1) is 28.8 Å². The van der Waals surface area contributed by atoms with Crippen LogP contribution in [0.5, 0.6) is 5.75 Å². The van der Waals surface area contributed by atoms with Gasteiger partial charge in [0, 0.05) is 38.6 Å². The molecular weight excluding hydrogens is 854 g/mol. The van der Waals surface area contributed by atoms with E-state index >= 15 is 0 Å². The van der Waals surface area contributed by atoms with Gasteiger partial charge in [-0.25, -0.2) is 4.98 Å². The molecule has 0 aliphatic heterocycles. The predicted molar refractivity (Wildman–Crippen MR) is 229 cm³/mol. The first-order valence-corrected chi connectivity index (χ1v) is 19.4. The monoisotopic (exact) mass is 913 g/mol. The molecule has 1 N–H and O–H groups in total. The molecule has 0 aliphatic carbocycles. The zero-order chi connectivity index (χ0) is 39.8. The van der Waals surface area contributed by atoms with Crippen molar-refractivity contribution in [2.45, 2.75) is 131 Å². The summed E-state index contributed by atoms with van der Waals surface area (Å²) in [5.74, 6) is 0.901. The van der Waals surface area contributed by atoms with E-state index in [-0.39, 0.29) is 53.9 Å². The van der Waals surface area contributed by atoms with Crippen molar-refractivity contribution in [1.29, 1.82) is 0 Å². The molecule has 0 spiro atoms. The third-order valence-corrected chi connectivity index (χ3v) is 10.6. The standard InChI is InChI=1S/C50H60N3O.Pt/c1-46(2,3)31-24-32(47(4,5)6)26-34(25-31)53-42-28-33(48(7,8)9)27-37(44(42)52-45(53)35-20-16-17-22-43(35)54)36-29-38(41-21-18-19-23-51-41)40(50(13,14)15)30-39(36)49(10,11)12;/h16-28,30,54H,1-15H3;/q-1;. The van der Waals surface area contributed by atoms with Gasteiger partial charge in [-0.2, -0.15) is 0 Å². The average molecular weight is 914 g/mol. The first kappa shape index (κ1) is 42.1. The summed E-state index contributed by atoms with van der Waals surface area (Å²) in [7, 11) is 0. The zero-order valence-corrected chi connectivity index (χ0v) is 38.0. The molecule has 55 heavy (non-hydrogen) atoms. The molecule has 0 unspecified atom stereocenters. The first-order chi connectivity index (χ1) is 24.9. The molecule has 0 fully saturated rings. The van der Waals surface area contributed by atoms with Crippen LogP contribution in [0, 0.1) is 6.07 Å². The summed E-state index contributed by atoms with van der Waals surface area (Å²) in [6.45, 7) is 34.1. The number of pyridine rings is 1. The molecular formula is C50H60N3OPt-. The zero-order valence-electron chi connectivity index (χ0n) is 35.7. The molecule has 6 aromatic rings. The summed E-state index contributed by atoms with van der Waals surface area (Å²) >= 11 is 0. The van der Waals surface area contributed by atoms with E-state index in [2.05, 4.69) is 163 Å². The molecule has 292 valence electrons. The van der Waals surface area contributed by atoms with Crippen molar-refractivity contribution < 1.29 is 26.2 Å². The second kappa shape index (κ2) is 14.5. The minimum Gasteiger partial charge on any atom is -0.507 e. The Kier molecular flexibility index (Phi) is 11.1. The molecule has 0 saturated carbocycles. The van der Waals surface area contributed by atoms with Crippen LogP contribution in [-0.4, -0.2) is 19.6 Å². The summed E-state index contributed by atoms with van der Waals surface area (Å²) in [5, 5.41) is 11.5. The van der Waals surface area contributed by atoms with Crippen molar-refractivity contribution in [2.24, 2.45) is 0 Å². The summed E-state index contributed by atoms with van der Waals surface area (Å²) in [6.07, 6.45) is 1.86. The maximum absolute atomic E-state index is 11.5. The number of rotatable bonds is 4. The van der Waals surface area contributed by atoms with Crippen LogP contribution in [-0.2, 0) is 48.1 Å². The van der Waals surface area contributed by atoms with Crippen molar-refractivity contribution in [3.8, 4) is 45.2 Å². The first-order valence-electron chi connectivity index (χ1n) is 19.4. The molecule has 0 bridgehead atoms. The molecule has 5 heteroatoms. The smallest absolute Gasteiger partial charge is 0.148 e. The van der Waals surface area contributed by atoms with Crippen molar-refractivity contribution in [2.75, 3.05) is 0 Å². The van der Waals surface area contributed by atoms with Crippen molar-refractivity contribution >= 4 is 11.0 Å².